The van der Waals surface area contributed by atoms with E-state index in [0.29, 0.717) is 0 Å². The maximum Gasteiger partial charge on any atom is 0.338 e. The molecule has 1 fully saturated rings. The standard InChI is InChI=1S/C5H7O5/c6-2-1-10-5(9)4(8)3(2)7/h1-4,6-8H/t2-,3+,4-/m0/s1. The Morgan fingerprint density at radius 3 is 2.50 bits per heavy atom. The van der Waals surface area contributed by atoms with E-state index in [1.165, 1.54) is 0 Å². The molecule has 1 radical (unpaired) electrons. The molecule has 1 aliphatic rings. The molecule has 0 aromatic heterocycles. The summed E-state index contributed by atoms with van der Waals surface area (Å²) in [6.07, 6.45) is -4.41. The van der Waals surface area contributed by atoms with E-state index < -0.39 is 24.3 Å². The number of hydrogen-bond acceptors (Lipinski definition) is 5. The van der Waals surface area contributed by atoms with Gasteiger partial charge in [-0.25, -0.2) is 4.79 Å². The zero-order valence-electron chi connectivity index (χ0n) is 4.97. The fourth-order valence-corrected chi connectivity index (χ4v) is 0.613. The summed E-state index contributed by atoms with van der Waals surface area (Å²) in [5.74, 6) is -0.946. The summed E-state index contributed by atoms with van der Waals surface area (Å²) in [6.45, 7) is 0.778. The van der Waals surface area contributed by atoms with Crippen molar-refractivity contribution in [2.24, 2.45) is 0 Å². The summed E-state index contributed by atoms with van der Waals surface area (Å²) in [6, 6.07) is 0. The second kappa shape index (κ2) is 2.53. The van der Waals surface area contributed by atoms with Crippen molar-refractivity contribution in [3.8, 4) is 0 Å². The molecule has 1 aliphatic heterocycles. The molecule has 0 aliphatic carbocycles. The number of aliphatic hydroxyl groups is 3. The molecular formula is C5H7O5. The van der Waals surface area contributed by atoms with Gasteiger partial charge in [-0.05, 0) is 0 Å². The van der Waals surface area contributed by atoms with Crippen molar-refractivity contribution in [1.82, 2.24) is 0 Å². The summed E-state index contributed by atoms with van der Waals surface area (Å²) in [5, 5.41) is 26.2. The van der Waals surface area contributed by atoms with Crippen LogP contribution < -0.4 is 0 Å². The third-order valence-corrected chi connectivity index (χ3v) is 1.24. The minimum absolute atomic E-state index is 0.778. The van der Waals surface area contributed by atoms with E-state index in [-0.39, 0.29) is 0 Å². The SMILES string of the molecule is O=C1O[CH][C@H](O)[C@@H](O)[C@@H]1O. The summed E-state index contributed by atoms with van der Waals surface area (Å²) >= 11 is 0. The Kier molecular flexibility index (Phi) is 1.89. The highest BCUT2D eigenvalue weighted by Crippen LogP contribution is 2.12. The van der Waals surface area contributed by atoms with E-state index in [9.17, 15) is 4.79 Å². The average molecular weight is 147 g/mol. The molecule has 0 amide bonds. The molecule has 10 heavy (non-hydrogen) atoms. The van der Waals surface area contributed by atoms with Crippen molar-refractivity contribution < 1.29 is 24.9 Å². The molecule has 5 nitrogen and oxygen atoms in total. The zero-order valence-corrected chi connectivity index (χ0v) is 4.97. The van der Waals surface area contributed by atoms with E-state index in [1.54, 1.807) is 0 Å². The molecule has 0 spiro atoms. The van der Waals surface area contributed by atoms with Gasteiger partial charge in [0.2, 0.25) is 0 Å². The van der Waals surface area contributed by atoms with Crippen LogP contribution in [0.3, 0.4) is 0 Å². The smallest absolute Gasteiger partial charge is 0.338 e. The lowest BCUT2D eigenvalue weighted by Gasteiger charge is -2.25. The molecule has 0 unspecified atom stereocenters. The van der Waals surface area contributed by atoms with Crippen LogP contribution in [0.2, 0.25) is 0 Å². The third kappa shape index (κ3) is 1.11. The Balaban J connectivity index is 2.60. The normalized spacial score (nSPS) is 41.1. The number of rotatable bonds is 0. The number of carbonyl (C=O) groups excluding carboxylic acids is 1. The van der Waals surface area contributed by atoms with Gasteiger partial charge in [-0.3, -0.25) is 0 Å². The number of ether oxygens (including phenoxy) is 1. The average Bonchev–Trinajstić information content (AvgIpc) is 1.93. The summed E-state index contributed by atoms with van der Waals surface area (Å²) in [5.41, 5.74) is 0. The van der Waals surface area contributed by atoms with Crippen LogP contribution >= 0.6 is 0 Å². The molecule has 0 aromatic rings. The first-order valence-corrected chi connectivity index (χ1v) is 2.71. The van der Waals surface area contributed by atoms with E-state index in [4.69, 9.17) is 15.3 Å². The number of aliphatic hydroxyl groups excluding tert-OH is 3. The van der Waals surface area contributed by atoms with Gasteiger partial charge in [-0.2, -0.15) is 0 Å². The maximum absolute atomic E-state index is 10.4. The van der Waals surface area contributed by atoms with Crippen molar-refractivity contribution in [1.29, 1.82) is 0 Å². The van der Waals surface area contributed by atoms with Gasteiger partial charge in [0.05, 0.1) is 0 Å². The lowest BCUT2D eigenvalue weighted by Crippen LogP contribution is -2.48. The van der Waals surface area contributed by atoms with Gasteiger partial charge in [0.1, 0.15) is 12.2 Å². The molecule has 0 bridgehead atoms. The topological polar surface area (TPSA) is 87.0 Å². The van der Waals surface area contributed by atoms with Gasteiger partial charge in [0, 0.05) is 0 Å². The van der Waals surface area contributed by atoms with Crippen LogP contribution in [0, 0.1) is 6.61 Å². The highest BCUT2D eigenvalue weighted by molar-refractivity contribution is 5.76. The Morgan fingerprint density at radius 1 is 1.40 bits per heavy atom. The first kappa shape index (κ1) is 7.46. The molecule has 57 valence electrons. The van der Waals surface area contributed by atoms with Crippen molar-refractivity contribution in [3.05, 3.63) is 6.61 Å². The van der Waals surface area contributed by atoms with Crippen molar-refractivity contribution >= 4 is 5.97 Å². The van der Waals surface area contributed by atoms with Crippen LogP contribution in [0.15, 0.2) is 0 Å². The quantitative estimate of drug-likeness (QED) is 0.338. The first-order chi connectivity index (χ1) is 4.63. The maximum atomic E-state index is 10.4. The van der Waals surface area contributed by atoms with Gasteiger partial charge >= 0.3 is 5.97 Å². The van der Waals surface area contributed by atoms with Crippen LogP contribution in [-0.4, -0.2) is 39.6 Å². The highest BCUT2D eigenvalue weighted by atomic mass is 16.6. The molecule has 0 saturated carbocycles. The minimum atomic E-state index is -1.64. The largest absolute Gasteiger partial charge is 0.453 e. The van der Waals surface area contributed by atoms with E-state index in [2.05, 4.69) is 4.74 Å². The predicted octanol–water partition coefficient (Wildman–Crippen LogP) is -2.21. The monoisotopic (exact) mass is 147 g/mol. The Labute approximate surface area is 56.9 Å². The van der Waals surface area contributed by atoms with Gasteiger partial charge in [0.15, 0.2) is 12.7 Å². The number of carbonyl (C=O) groups is 1. The van der Waals surface area contributed by atoms with E-state index in [1.807, 2.05) is 0 Å². The molecule has 5 heteroatoms. The van der Waals surface area contributed by atoms with Crippen LogP contribution in [0.5, 0.6) is 0 Å². The molecule has 1 rings (SSSR count). The molecule has 3 atom stereocenters. The Bertz CT molecular complexity index is 145. The molecule has 1 heterocycles. The molecular weight excluding hydrogens is 140 g/mol. The highest BCUT2D eigenvalue weighted by Gasteiger charge is 2.37. The summed E-state index contributed by atoms with van der Waals surface area (Å²) in [4.78, 5) is 10.4. The fraction of sp³-hybridized carbons (Fsp3) is 0.600. The molecule has 0 aromatic carbocycles. The summed E-state index contributed by atoms with van der Waals surface area (Å²) in [7, 11) is 0. The Hall–Kier alpha value is -0.650. The van der Waals surface area contributed by atoms with Gasteiger partial charge < -0.3 is 20.1 Å². The Morgan fingerprint density at radius 2 is 2.00 bits per heavy atom. The fourth-order valence-electron chi connectivity index (χ4n) is 0.613. The van der Waals surface area contributed by atoms with Crippen LogP contribution in [-0.2, 0) is 9.53 Å². The number of hydrogen-bond donors (Lipinski definition) is 3. The number of esters is 1. The van der Waals surface area contributed by atoms with Gasteiger partial charge in [-0.15, -0.1) is 0 Å². The summed E-state index contributed by atoms with van der Waals surface area (Å²) < 4.78 is 4.15. The lowest BCUT2D eigenvalue weighted by atomic mass is 10.1. The van der Waals surface area contributed by atoms with Crippen molar-refractivity contribution in [3.63, 3.8) is 0 Å². The number of cyclic esters (lactones) is 1. The zero-order chi connectivity index (χ0) is 7.72. The second-order valence-corrected chi connectivity index (χ2v) is 2.00. The van der Waals surface area contributed by atoms with Crippen LogP contribution in [0.4, 0.5) is 0 Å². The van der Waals surface area contributed by atoms with Gasteiger partial charge in [-0.1, -0.05) is 0 Å². The molecule has 3 N–H and O–H groups in total. The second-order valence-electron chi connectivity index (χ2n) is 2.00. The van der Waals surface area contributed by atoms with E-state index >= 15 is 0 Å². The lowest BCUT2D eigenvalue weighted by molar-refractivity contribution is -0.175. The van der Waals surface area contributed by atoms with Crippen molar-refractivity contribution in [2.45, 2.75) is 18.3 Å². The van der Waals surface area contributed by atoms with Crippen LogP contribution in [0.25, 0.3) is 0 Å². The van der Waals surface area contributed by atoms with Gasteiger partial charge in [0.25, 0.3) is 0 Å². The third-order valence-electron chi connectivity index (χ3n) is 1.24. The van der Waals surface area contributed by atoms with Crippen molar-refractivity contribution in [2.75, 3.05) is 0 Å². The van der Waals surface area contributed by atoms with E-state index in [0.717, 1.165) is 6.61 Å². The van der Waals surface area contributed by atoms with Crippen LogP contribution in [0.1, 0.15) is 0 Å². The minimum Gasteiger partial charge on any atom is -0.453 e. The first-order valence-electron chi connectivity index (χ1n) is 2.71. The predicted molar refractivity (Wildman–Crippen MR) is 28.4 cm³/mol. The molecule has 1 saturated heterocycles.